The van der Waals surface area contributed by atoms with E-state index in [2.05, 4.69) is 15.3 Å². The SMILES string of the molecule is COCCOc1ccc(-c2[nH]c(=O)n([C@H](C(=O)Nc3nc(C(=O)C(C)C)cs3)[C@@H](C)c3ccccc3)c2O)cc1. The Morgan fingerprint density at radius 1 is 1.07 bits per heavy atom. The molecule has 2 aromatic carbocycles. The Morgan fingerprint density at radius 2 is 1.77 bits per heavy atom. The predicted octanol–water partition coefficient (Wildman–Crippen LogP) is 4.85. The second-order valence-electron chi connectivity index (χ2n) is 9.55. The van der Waals surface area contributed by atoms with E-state index in [1.54, 1.807) is 57.5 Å². The molecule has 11 heteroatoms. The zero-order valence-electron chi connectivity index (χ0n) is 22.7. The van der Waals surface area contributed by atoms with E-state index in [0.717, 1.165) is 21.5 Å². The number of aromatic amines is 1. The Morgan fingerprint density at radius 3 is 2.42 bits per heavy atom. The van der Waals surface area contributed by atoms with Crippen LogP contribution >= 0.6 is 11.3 Å². The molecule has 4 aromatic rings. The highest BCUT2D eigenvalue weighted by Gasteiger charge is 2.34. The summed E-state index contributed by atoms with van der Waals surface area (Å²) in [6, 6.07) is 15.0. The van der Waals surface area contributed by atoms with E-state index in [4.69, 9.17) is 9.47 Å². The van der Waals surface area contributed by atoms with E-state index < -0.39 is 23.6 Å². The van der Waals surface area contributed by atoms with Crippen LogP contribution in [0.2, 0.25) is 0 Å². The van der Waals surface area contributed by atoms with Crippen molar-refractivity contribution in [1.82, 2.24) is 14.5 Å². The van der Waals surface area contributed by atoms with Crippen LogP contribution in [-0.2, 0) is 9.53 Å². The van der Waals surface area contributed by atoms with Gasteiger partial charge in [0.2, 0.25) is 11.8 Å². The molecule has 0 unspecified atom stereocenters. The number of Topliss-reactive ketones (excluding diaryl/α,β-unsaturated/α-hetero) is 1. The summed E-state index contributed by atoms with van der Waals surface area (Å²) in [6.45, 7) is 6.18. The number of hydrogen-bond acceptors (Lipinski definition) is 8. The van der Waals surface area contributed by atoms with Gasteiger partial charge in [0, 0.05) is 29.9 Å². The Bertz CT molecular complexity index is 1510. The zero-order chi connectivity index (χ0) is 28.8. The normalized spacial score (nSPS) is 12.7. The van der Waals surface area contributed by atoms with Crippen LogP contribution in [0.4, 0.5) is 5.13 Å². The maximum atomic E-state index is 13.7. The quantitative estimate of drug-likeness (QED) is 0.165. The molecule has 0 aliphatic heterocycles. The number of carbonyl (C=O) groups excluding carboxylic acids is 2. The number of ketones is 1. The predicted molar refractivity (Wildman–Crippen MR) is 153 cm³/mol. The number of ether oxygens (including phenoxy) is 2. The Balaban J connectivity index is 1.68. The van der Waals surface area contributed by atoms with Crippen molar-refractivity contribution in [2.75, 3.05) is 25.6 Å². The van der Waals surface area contributed by atoms with Gasteiger partial charge in [-0.1, -0.05) is 51.1 Å². The number of nitrogens with zero attached hydrogens (tertiary/aromatic N) is 2. The number of aromatic hydroxyl groups is 1. The number of amides is 1. The molecule has 0 saturated heterocycles. The van der Waals surface area contributed by atoms with Gasteiger partial charge in [-0.3, -0.25) is 9.59 Å². The van der Waals surface area contributed by atoms with Crippen molar-refractivity contribution >= 4 is 28.2 Å². The van der Waals surface area contributed by atoms with Crippen molar-refractivity contribution in [2.45, 2.75) is 32.7 Å². The van der Waals surface area contributed by atoms with E-state index >= 15 is 0 Å². The molecule has 40 heavy (non-hydrogen) atoms. The molecule has 2 aromatic heterocycles. The van der Waals surface area contributed by atoms with Crippen LogP contribution in [-0.4, -0.2) is 51.7 Å². The molecule has 4 rings (SSSR count). The Kier molecular flexibility index (Phi) is 9.18. The minimum atomic E-state index is -1.13. The number of benzene rings is 2. The average molecular weight is 565 g/mol. The first-order valence-corrected chi connectivity index (χ1v) is 13.7. The fourth-order valence-electron chi connectivity index (χ4n) is 4.29. The van der Waals surface area contributed by atoms with Crippen molar-refractivity contribution in [3.63, 3.8) is 0 Å². The van der Waals surface area contributed by atoms with E-state index in [1.807, 2.05) is 30.3 Å². The maximum Gasteiger partial charge on any atom is 0.329 e. The summed E-state index contributed by atoms with van der Waals surface area (Å²) in [4.78, 5) is 46.3. The highest BCUT2D eigenvalue weighted by molar-refractivity contribution is 7.14. The van der Waals surface area contributed by atoms with Gasteiger partial charge in [-0.25, -0.2) is 14.3 Å². The minimum absolute atomic E-state index is 0.134. The van der Waals surface area contributed by atoms with E-state index in [9.17, 15) is 19.5 Å². The largest absolute Gasteiger partial charge is 0.493 e. The van der Waals surface area contributed by atoms with Gasteiger partial charge in [0.05, 0.1) is 6.61 Å². The van der Waals surface area contributed by atoms with Gasteiger partial charge in [-0.15, -0.1) is 11.3 Å². The lowest BCUT2D eigenvalue weighted by atomic mass is 9.92. The van der Waals surface area contributed by atoms with Gasteiger partial charge in [0.1, 0.15) is 29.8 Å². The molecule has 3 N–H and O–H groups in total. The molecule has 0 aliphatic carbocycles. The van der Waals surface area contributed by atoms with E-state index in [0.29, 0.717) is 24.5 Å². The number of carbonyl (C=O) groups is 2. The van der Waals surface area contributed by atoms with Crippen LogP contribution in [0.25, 0.3) is 11.3 Å². The number of nitrogens with one attached hydrogen (secondary N) is 2. The minimum Gasteiger partial charge on any atom is -0.493 e. The van der Waals surface area contributed by atoms with Gasteiger partial charge >= 0.3 is 5.69 Å². The molecule has 2 heterocycles. The summed E-state index contributed by atoms with van der Waals surface area (Å²) in [6.07, 6.45) is 0. The fraction of sp³-hybridized carbons (Fsp3) is 0.310. The van der Waals surface area contributed by atoms with Gasteiger partial charge in [-0.2, -0.15) is 0 Å². The van der Waals surface area contributed by atoms with Gasteiger partial charge in [-0.05, 0) is 29.8 Å². The lowest BCUT2D eigenvalue weighted by Crippen LogP contribution is -2.35. The number of hydrogen-bond donors (Lipinski definition) is 3. The molecule has 0 bridgehead atoms. The summed E-state index contributed by atoms with van der Waals surface area (Å²) in [5.41, 5.74) is 1.12. The monoisotopic (exact) mass is 564 g/mol. The van der Waals surface area contributed by atoms with Gasteiger partial charge in [0.25, 0.3) is 0 Å². The molecular formula is C29H32N4O6S. The van der Waals surface area contributed by atoms with Crippen LogP contribution in [0, 0.1) is 5.92 Å². The van der Waals surface area contributed by atoms with Crippen LogP contribution in [0.5, 0.6) is 11.6 Å². The molecule has 1 amide bonds. The lowest BCUT2D eigenvalue weighted by molar-refractivity contribution is -0.120. The summed E-state index contributed by atoms with van der Waals surface area (Å²) >= 11 is 1.12. The number of thiazole rings is 1. The molecule has 10 nitrogen and oxygen atoms in total. The van der Waals surface area contributed by atoms with E-state index in [1.165, 1.54) is 0 Å². The first kappa shape index (κ1) is 28.8. The fourth-order valence-corrected chi connectivity index (χ4v) is 4.99. The number of anilines is 1. The zero-order valence-corrected chi connectivity index (χ0v) is 23.5. The third kappa shape index (κ3) is 6.32. The molecule has 0 spiro atoms. The second kappa shape index (κ2) is 12.8. The number of imidazole rings is 1. The molecule has 0 saturated carbocycles. The van der Waals surface area contributed by atoms with Crippen LogP contribution in [0.3, 0.4) is 0 Å². The third-order valence-electron chi connectivity index (χ3n) is 6.46. The van der Waals surface area contributed by atoms with Crippen molar-refractivity contribution < 1.29 is 24.2 Å². The highest BCUT2D eigenvalue weighted by Crippen LogP contribution is 2.36. The number of rotatable bonds is 12. The first-order chi connectivity index (χ1) is 19.2. The molecule has 0 fully saturated rings. The smallest absolute Gasteiger partial charge is 0.329 e. The molecule has 210 valence electrons. The van der Waals surface area contributed by atoms with Gasteiger partial charge < -0.3 is 24.9 Å². The molecule has 2 atom stereocenters. The van der Waals surface area contributed by atoms with Gasteiger partial charge in [0.15, 0.2) is 10.9 Å². The topological polar surface area (TPSA) is 136 Å². The molecule has 0 radical (unpaired) electrons. The highest BCUT2D eigenvalue weighted by atomic mass is 32.1. The van der Waals surface area contributed by atoms with Crippen LogP contribution in [0.15, 0.2) is 64.8 Å². The Labute approximate surface area is 235 Å². The van der Waals surface area contributed by atoms with Crippen LogP contribution in [0.1, 0.15) is 48.8 Å². The first-order valence-electron chi connectivity index (χ1n) is 12.8. The summed E-state index contributed by atoms with van der Waals surface area (Å²) in [5, 5.41) is 15.8. The summed E-state index contributed by atoms with van der Waals surface area (Å²) in [5.74, 6) is -1.21. The number of H-pyrrole nitrogens is 1. The summed E-state index contributed by atoms with van der Waals surface area (Å²) in [7, 11) is 1.59. The molecule has 0 aliphatic rings. The average Bonchev–Trinajstić information content (AvgIpc) is 3.53. The number of methoxy groups -OCH3 is 1. The maximum absolute atomic E-state index is 13.7. The van der Waals surface area contributed by atoms with Crippen molar-refractivity contribution in [2.24, 2.45) is 5.92 Å². The number of aromatic nitrogens is 3. The standard InChI is InChI=1S/C29H32N4O6S/c1-17(2)25(34)22-16-40-28(30-22)32-26(35)24(18(3)19-8-6-5-7-9-19)33-27(36)23(31-29(33)37)20-10-12-21(13-11-20)39-15-14-38-4/h5-13,16-18,24,36H,14-15H2,1-4H3,(H,31,37)(H,30,32,35)/t18-,24-/m0/s1. The second-order valence-corrected chi connectivity index (χ2v) is 10.4. The van der Waals surface area contributed by atoms with E-state index in [-0.39, 0.29) is 34.1 Å². The van der Waals surface area contributed by atoms with Crippen molar-refractivity contribution in [1.29, 1.82) is 0 Å². The van der Waals surface area contributed by atoms with Crippen molar-refractivity contribution in [3.05, 3.63) is 81.7 Å². The molecular weight excluding hydrogens is 532 g/mol. The lowest BCUT2D eigenvalue weighted by Gasteiger charge is -2.24. The summed E-state index contributed by atoms with van der Waals surface area (Å²) < 4.78 is 11.6. The third-order valence-corrected chi connectivity index (χ3v) is 7.22. The van der Waals surface area contributed by atoms with Crippen molar-refractivity contribution in [3.8, 4) is 22.9 Å². The van der Waals surface area contributed by atoms with Crippen LogP contribution < -0.4 is 15.7 Å². The Hall–Kier alpha value is -4.22.